The number of hydrogen-bond donors (Lipinski definition) is 0. The maximum atomic E-state index is 13.6. The van der Waals surface area contributed by atoms with Crippen molar-refractivity contribution in [3.63, 3.8) is 0 Å². The van der Waals surface area contributed by atoms with Crippen molar-refractivity contribution in [2.45, 2.75) is 12.1 Å². The van der Waals surface area contributed by atoms with Crippen LogP contribution in [-0.4, -0.2) is 47.8 Å². The van der Waals surface area contributed by atoms with Gasteiger partial charge in [0.2, 0.25) is 0 Å². The van der Waals surface area contributed by atoms with Gasteiger partial charge in [-0.25, -0.2) is 4.39 Å². The zero-order valence-corrected chi connectivity index (χ0v) is 19.0. The average Bonchev–Trinajstić information content (AvgIpc) is 3.13. The molecule has 36 heavy (non-hydrogen) atoms. The van der Waals surface area contributed by atoms with Gasteiger partial charge in [-0.2, -0.15) is 0 Å². The van der Waals surface area contributed by atoms with Crippen LogP contribution in [-0.2, 0) is 4.79 Å². The number of fused-ring (bicyclic) bond motifs is 1. The number of carbonyl (C=O) groups is 3. The van der Waals surface area contributed by atoms with Crippen molar-refractivity contribution in [1.29, 1.82) is 0 Å². The number of nitrogens with zero attached hydrogens (tertiary/aromatic N) is 3. The number of anilines is 1. The molecule has 3 amide bonds. The lowest BCUT2D eigenvalue weighted by atomic mass is 9.85. The van der Waals surface area contributed by atoms with Crippen LogP contribution in [0.2, 0.25) is 0 Å². The molecule has 1 saturated heterocycles. The summed E-state index contributed by atoms with van der Waals surface area (Å²) in [5, 5.41) is 11.5. The molecule has 182 valence electrons. The highest BCUT2D eigenvalue weighted by Gasteiger charge is 2.59. The number of β-lactam (4-membered cyclic amide) rings is 1. The highest BCUT2D eigenvalue weighted by molar-refractivity contribution is 6.26. The summed E-state index contributed by atoms with van der Waals surface area (Å²) in [7, 11) is 2.88. The minimum atomic E-state index is -1.33. The molecule has 0 aliphatic carbocycles. The first kappa shape index (κ1) is 23.0. The minimum Gasteiger partial charge on any atom is -0.497 e. The van der Waals surface area contributed by atoms with Crippen molar-refractivity contribution < 1.29 is 33.2 Å². The molecule has 0 saturated carbocycles. The summed E-state index contributed by atoms with van der Waals surface area (Å²) < 4.78 is 24.4. The fourth-order valence-corrected chi connectivity index (χ4v) is 4.68. The van der Waals surface area contributed by atoms with Gasteiger partial charge in [-0.15, -0.1) is 0 Å². The van der Waals surface area contributed by atoms with E-state index in [4.69, 9.17) is 9.47 Å². The second-order valence-corrected chi connectivity index (χ2v) is 8.12. The first-order valence-corrected chi connectivity index (χ1v) is 10.7. The fraction of sp³-hybridized carbons (Fsp3) is 0.160. The SMILES string of the molecule is COc1ccc(OC)c(C2C(N3C(=O)c4cccc([N+](=O)[O-])c4C3=O)C(=O)N2c2ccc(F)cc2)c1. The molecule has 2 aliphatic heterocycles. The van der Waals surface area contributed by atoms with Crippen LogP contribution in [0.1, 0.15) is 32.3 Å². The molecular formula is C25H18FN3O7. The Morgan fingerprint density at radius 3 is 2.25 bits per heavy atom. The van der Waals surface area contributed by atoms with E-state index in [0.717, 1.165) is 11.0 Å². The molecule has 2 unspecified atom stereocenters. The third-order valence-electron chi connectivity index (χ3n) is 6.33. The van der Waals surface area contributed by atoms with Gasteiger partial charge < -0.3 is 14.4 Å². The second-order valence-electron chi connectivity index (χ2n) is 8.12. The van der Waals surface area contributed by atoms with Crippen molar-refractivity contribution >= 4 is 29.1 Å². The van der Waals surface area contributed by atoms with Crippen LogP contribution in [0, 0.1) is 15.9 Å². The van der Waals surface area contributed by atoms with Gasteiger partial charge >= 0.3 is 0 Å². The van der Waals surface area contributed by atoms with Crippen molar-refractivity contribution in [1.82, 2.24) is 4.90 Å². The molecule has 2 atom stereocenters. The Balaban J connectivity index is 1.66. The normalized spacial score (nSPS) is 18.7. The minimum absolute atomic E-state index is 0.154. The van der Waals surface area contributed by atoms with E-state index in [9.17, 15) is 28.9 Å². The number of benzene rings is 3. The molecule has 11 heteroatoms. The number of amides is 3. The van der Waals surface area contributed by atoms with Crippen molar-refractivity contribution in [3.05, 3.63) is 93.3 Å². The highest BCUT2D eigenvalue weighted by Crippen LogP contribution is 2.48. The van der Waals surface area contributed by atoms with Crippen molar-refractivity contribution in [2.24, 2.45) is 0 Å². The molecular weight excluding hydrogens is 473 g/mol. The summed E-state index contributed by atoms with van der Waals surface area (Å²) in [4.78, 5) is 53.1. The van der Waals surface area contributed by atoms with E-state index < -0.39 is 46.2 Å². The first-order chi connectivity index (χ1) is 17.3. The Hall–Kier alpha value is -4.80. The van der Waals surface area contributed by atoms with E-state index in [2.05, 4.69) is 0 Å². The summed E-state index contributed by atoms with van der Waals surface area (Å²) in [6.45, 7) is 0. The predicted molar refractivity (Wildman–Crippen MR) is 124 cm³/mol. The van der Waals surface area contributed by atoms with Gasteiger partial charge in [0.1, 0.15) is 28.9 Å². The Bertz CT molecular complexity index is 1440. The molecule has 5 rings (SSSR count). The van der Waals surface area contributed by atoms with Gasteiger partial charge in [-0.3, -0.25) is 29.4 Å². The number of nitro benzene ring substituents is 1. The molecule has 0 aromatic heterocycles. The van der Waals surface area contributed by atoms with Crippen LogP contribution in [0.3, 0.4) is 0 Å². The lowest BCUT2D eigenvalue weighted by molar-refractivity contribution is -0.385. The van der Waals surface area contributed by atoms with E-state index in [0.29, 0.717) is 22.7 Å². The molecule has 1 fully saturated rings. The van der Waals surface area contributed by atoms with E-state index in [1.54, 1.807) is 18.2 Å². The third-order valence-corrected chi connectivity index (χ3v) is 6.33. The van der Waals surface area contributed by atoms with Gasteiger partial charge in [-0.05, 0) is 48.5 Å². The smallest absolute Gasteiger partial charge is 0.282 e. The number of methoxy groups -OCH3 is 2. The zero-order chi connectivity index (χ0) is 25.7. The van der Waals surface area contributed by atoms with Gasteiger partial charge in [0.15, 0.2) is 0 Å². The molecule has 0 N–H and O–H groups in total. The van der Waals surface area contributed by atoms with E-state index in [1.165, 1.54) is 55.5 Å². The van der Waals surface area contributed by atoms with Crippen LogP contribution >= 0.6 is 0 Å². The Morgan fingerprint density at radius 1 is 0.889 bits per heavy atom. The van der Waals surface area contributed by atoms with Crippen LogP contribution in [0.15, 0.2) is 60.7 Å². The average molecular weight is 491 g/mol. The number of carbonyl (C=O) groups excluding carboxylic acids is 3. The number of nitro groups is 1. The van der Waals surface area contributed by atoms with Gasteiger partial charge in [0.05, 0.1) is 30.7 Å². The molecule has 0 spiro atoms. The van der Waals surface area contributed by atoms with Gasteiger partial charge in [-0.1, -0.05) is 6.07 Å². The molecule has 10 nitrogen and oxygen atoms in total. The summed E-state index contributed by atoms with van der Waals surface area (Å²) in [5.74, 6) is -2.09. The molecule has 2 aliphatic rings. The molecule has 0 bridgehead atoms. The third kappa shape index (κ3) is 3.28. The molecule has 2 heterocycles. The topological polar surface area (TPSA) is 119 Å². The quantitative estimate of drug-likeness (QED) is 0.224. The summed E-state index contributed by atoms with van der Waals surface area (Å²) in [5.41, 5.74) is -0.284. The Labute approximate surface area is 203 Å². The molecule has 3 aromatic rings. The van der Waals surface area contributed by atoms with Crippen LogP contribution < -0.4 is 14.4 Å². The Morgan fingerprint density at radius 2 is 1.61 bits per heavy atom. The predicted octanol–water partition coefficient (Wildman–Crippen LogP) is 3.50. The van der Waals surface area contributed by atoms with E-state index in [-0.39, 0.29) is 11.1 Å². The van der Waals surface area contributed by atoms with E-state index >= 15 is 0 Å². The standard InChI is InChI=1S/C25H18FN3O7/c1-35-15-10-11-19(36-2)17(12-15)21-22(25(32)27(21)14-8-6-13(26)7-9-14)28-23(30)16-4-3-5-18(29(33)34)20(16)24(28)31/h3-12,21-22H,1-2H3. The van der Waals surface area contributed by atoms with Gasteiger partial charge in [0.25, 0.3) is 23.4 Å². The summed E-state index contributed by atoms with van der Waals surface area (Å²) in [6.07, 6.45) is 0. The second kappa shape index (κ2) is 8.45. The molecule has 3 aromatic carbocycles. The summed E-state index contributed by atoms with van der Waals surface area (Å²) in [6, 6.07) is 11.5. The van der Waals surface area contributed by atoms with Crippen LogP contribution in [0.5, 0.6) is 11.5 Å². The summed E-state index contributed by atoms with van der Waals surface area (Å²) >= 11 is 0. The number of ether oxygens (including phenoxy) is 2. The van der Waals surface area contributed by atoms with Crippen molar-refractivity contribution in [2.75, 3.05) is 19.1 Å². The highest BCUT2D eigenvalue weighted by atomic mass is 19.1. The van der Waals surface area contributed by atoms with Crippen LogP contribution in [0.4, 0.5) is 15.8 Å². The van der Waals surface area contributed by atoms with E-state index in [1.807, 2.05) is 0 Å². The maximum absolute atomic E-state index is 13.6. The number of imide groups is 1. The fourth-order valence-electron chi connectivity index (χ4n) is 4.68. The maximum Gasteiger partial charge on any atom is 0.282 e. The largest absolute Gasteiger partial charge is 0.497 e. The van der Waals surface area contributed by atoms with Gasteiger partial charge in [0, 0.05) is 17.3 Å². The number of rotatable bonds is 6. The lowest BCUT2D eigenvalue weighted by Gasteiger charge is -2.50. The lowest BCUT2D eigenvalue weighted by Crippen LogP contribution is -2.67. The first-order valence-electron chi connectivity index (χ1n) is 10.7. The number of hydrogen-bond acceptors (Lipinski definition) is 7. The zero-order valence-electron chi connectivity index (χ0n) is 19.0. The van der Waals surface area contributed by atoms with Crippen LogP contribution in [0.25, 0.3) is 0 Å². The Kier molecular flexibility index (Phi) is 5.39. The molecule has 0 radical (unpaired) electrons. The number of halogens is 1. The van der Waals surface area contributed by atoms with Crippen molar-refractivity contribution in [3.8, 4) is 11.5 Å². The monoisotopic (exact) mass is 491 g/mol.